The first-order chi connectivity index (χ1) is 6.89. The molecule has 0 saturated carbocycles. The van der Waals surface area contributed by atoms with E-state index in [0.29, 0.717) is 5.17 Å². The van der Waals surface area contributed by atoms with Crippen molar-refractivity contribution in [1.29, 1.82) is 0 Å². The molecule has 1 rings (SSSR count). The first kappa shape index (κ1) is 12.0. The summed E-state index contributed by atoms with van der Waals surface area (Å²) in [6, 6.07) is 0. The van der Waals surface area contributed by atoms with Crippen molar-refractivity contribution >= 4 is 28.5 Å². The van der Waals surface area contributed by atoms with Gasteiger partial charge in [-0.1, -0.05) is 32.5 Å². The standard InChI is InChI=1S/C9H16N4OS/c1-6(14)10-12-8-13-11-7(5-15-8)9(2,3)4/h5H2,1-4H3,(H,10,14)(H,12,13). The minimum absolute atomic E-state index is 0.0516. The fourth-order valence-electron chi connectivity index (χ4n) is 0.869. The Morgan fingerprint density at radius 3 is 2.47 bits per heavy atom. The molecule has 84 valence electrons. The van der Waals surface area contributed by atoms with Crippen LogP contribution in [0.4, 0.5) is 0 Å². The minimum Gasteiger partial charge on any atom is -0.275 e. The Kier molecular flexibility index (Phi) is 3.73. The molecule has 1 heterocycles. The number of rotatable bonds is 0. The monoisotopic (exact) mass is 228 g/mol. The Hall–Kier alpha value is -1.04. The number of carbonyl (C=O) groups is 1. The van der Waals surface area contributed by atoms with Gasteiger partial charge in [0.1, 0.15) is 0 Å². The van der Waals surface area contributed by atoms with Crippen LogP contribution in [0.25, 0.3) is 0 Å². The van der Waals surface area contributed by atoms with Crippen molar-refractivity contribution < 1.29 is 4.79 Å². The van der Waals surface area contributed by atoms with Crippen molar-refractivity contribution in [3.63, 3.8) is 0 Å². The van der Waals surface area contributed by atoms with E-state index in [0.717, 1.165) is 11.5 Å². The number of nitrogens with zero attached hydrogens (tertiary/aromatic N) is 2. The largest absolute Gasteiger partial charge is 0.275 e. The Balaban J connectivity index is 2.57. The van der Waals surface area contributed by atoms with Crippen LogP contribution in [0.1, 0.15) is 27.7 Å². The third-order valence-electron chi connectivity index (χ3n) is 1.82. The summed E-state index contributed by atoms with van der Waals surface area (Å²) in [6.07, 6.45) is 0. The Morgan fingerprint density at radius 1 is 1.40 bits per heavy atom. The third-order valence-corrected chi connectivity index (χ3v) is 2.69. The van der Waals surface area contributed by atoms with Crippen LogP contribution in [0.3, 0.4) is 0 Å². The highest BCUT2D eigenvalue weighted by Gasteiger charge is 2.22. The van der Waals surface area contributed by atoms with Gasteiger partial charge in [0.25, 0.3) is 0 Å². The van der Waals surface area contributed by atoms with E-state index in [1.165, 1.54) is 18.7 Å². The number of thioether (sulfide) groups is 1. The fraction of sp³-hybridized carbons (Fsp3) is 0.667. The van der Waals surface area contributed by atoms with Crippen LogP contribution in [-0.2, 0) is 4.79 Å². The summed E-state index contributed by atoms with van der Waals surface area (Å²) < 4.78 is 0. The Labute approximate surface area is 93.8 Å². The zero-order valence-corrected chi connectivity index (χ0v) is 10.2. The molecular weight excluding hydrogens is 212 g/mol. The maximum atomic E-state index is 10.6. The highest BCUT2D eigenvalue weighted by molar-refractivity contribution is 8.14. The van der Waals surface area contributed by atoms with E-state index in [9.17, 15) is 4.79 Å². The van der Waals surface area contributed by atoms with Gasteiger partial charge in [-0.05, 0) is 0 Å². The second-order valence-electron chi connectivity index (χ2n) is 4.30. The van der Waals surface area contributed by atoms with Crippen LogP contribution >= 0.6 is 11.8 Å². The van der Waals surface area contributed by atoms with Gasteiger partial charge in [0.2, 0.25) is 11.1 Å². The molecule has 0 fully saturated rings. The summed E-state index contributed by atoms with van der Waals surface area (Å²) >= 11 is 1.53. The molecule has 0 aliphatic carbocycles. The summed E-state index contributed by atoms with van der Waals surface area (Å²) in [5, 5.41) is 8.74. The van der Waals surface area contributed by atoms with Gasteiger partial charge in [0.05, 0.1) is 5.71 Å². The van der Waals surface area contributed by atoms with Crippen molar-refractivity contribution in [2.75, 3.05) is 5.75 Å². The number of hydrazine groups is 1. The summed E-state index contributed by atoms with van der Waals surface area (Å²) in [7, 11) is 0. The second kappa shape index (κ2) is 4.65. The quantitative estimate of drug-likeness (QED) is 0.611. The van der Waals surface area contributed by atoms with Crippen molar-refractivity contribution in [2.24, 2.45) is 15.6 Å². The highest BCUT2D eigenvalue weighted by atomic mass is 32.2. The van der Waals surface area contributed by atoms with E-state index in [1.54, 1.807) is 0 Å². The van der Waals surface area contributed by atoms with E-state index in [4.69, 9.17) is 0 Å². The van der Waals surface area contributed by atoms with Crippen LogP contribution in [0.15, 0.2) is 10.2 Å². The molecule has 0 radical (unpaired) electrons. The van der Waals surface area contributed by atoms with Crippen molar-refractivity contribution in [3.05, 3.63) is 0 Å². The number of carbonyl (C=O) groups excluding carboxylic acids is 1. The molecule has 0 aromatic carbocycles. The molecule has 0 aromatic rings. The van der Waals surface area contributed by atoms with Gasteiger partial charge in [-0.15, -0.1) is 5.10 Å². The zero-order valence-electron chi connectivity index (χ0n) is 9.42. The molecule has 0 spiro atoms. The molecule has 1 amide bonds. The summed E-state index contributed by atoms with van der Waals surface area (Å²) in [4.78, 5) is 10.6. The molecule has 0 bridgehead atoms. The third kappa shape index (κ3) is 3.91. The number of hydrogen-bond donors (Lipinski definition) is 2. The maximum absolute atomic E-state index is 10.6. The Morgan fingerprint density at radius 2 is 2.07 bits per heavy atom. The van der Waals surface area contributed by atoms with E-state index in [-0.39, 0.29) is 11.3 Å². The number of hydrogen-bond acceptors (Lipinski definition) is 5. The smallest absolute Gasteiger partial charge is 0.235 e. The van der Waals surface area contributed by atoms with Crippen LogP contribution in [0.2, 0.25) is 0 Å². The minimum atomic E-state index is -0.149. The average Bonchev–Trinajstić information content (AvgIpc) is 2.14. The van der Waals surface area contributed by atoms with E-state index < -0.39 is 0 Å². The predicted molar refractivity (Wildman–Crippen MR) is 63.7 cm³/mol. The fourth-order valence-corrected chi connectivity index (χ4v) is 1.86. The topological polar surface area (TPSA) is 65.8 Å². The molecule has 0 aromatic heterocycles. The molecule has 1 aliphatic heterocycles. The molecule has 0 unspecified atom stereocenters. The summed E-state index contributed by atoms with van der Waals surface area (Å²) in [5.74, 6) is 0.651. The van der Waals surface area contributed by atoms with Crippen LogP contribution in [0, 0.1) is 5.41 Å². The second-order valence-corrected chi connectivity index (χ2v) is 5.26. The average molecular weight is 228 g/mol. The van der Waals surface area contributed by atoms with E-state index in [2.05, 4.69) is 41.8 Å². The lowest BCUT2D eigenvalue weighted by Crippen LogP contribution is -2.40. The van der Waals surface area contributed by atoms with Gasteiger partial charge >= 0.3 is 0 Å². The van der Waals surface area contributed by atoms with Crippen molar-refractivity contribution in [3.8, 4) is 0 Å². The summed E-state index contributed by atoms with van der Waals surface area (Å²) in [5.41, 5.74) is 6.27. The van der Waals surface area contributed by atoms with Gasteiger partial charge in [-0.3, -0.25) is 15.6 Å². The number of amides is 1. The van der Waals surface area contributed by atoms with Gasteiger partial charge in [0.15, 0.2) is 0 Å². The SMILES string of the molecule is CC(=O)NNC1=NN=C(C(C)(C)C)CS1. The molecule has 1 aliphatic rings. The maximum Gasteiger partial charge on any atom is 0.235 e. The highest BCUT2D eigenvalue weighted by Crippen LogP contribution is 2.22. The van der Waals surface area contributed by atoms with Crippen LogP contribution < -0.4 is 10.9 Å². The molecular formula is C9H16N4OS. The lowest BCUT2D eigenvalue weighted by Gasteiger charge is -2.22. The number of nitrogens with one attached hydrogen (secondary N) is 2. The van der Waals surface area contributed by atoms with E-state index in [1.807, 2.05) is 0 Å². The van der Waals surface area contributed by atoms with Gasteiger partial charge in [-0.25, -0.2) is 0 Å². The molecule has 0 atom stereocenters. The van der Waals surface area contributed by atoms with E-state index >= 15 is 0 Å². The van der Waals surface area contributed by atoms with Crippen molar-refractivity contribution in [2.45, 2.75) is 27.7 Å². The van der Waals surface area contributed by atoms with Crippen LogP contribution in [0.5, 0.6) is 0 Å². The molecule has 15 heavy (non-hydrogen) atoms. The Bertz CT molecular complexity index is 317. The molecule has 2 N–H and O–H groups in total. The predicted octanol–water partition coefficient (Wildman–Crippen LogP) is 1.13. The molecule has 0 saturated heterocycles. The normalized spacial score (nSPS) is 16.5. The first-order valence-electron chi connectivity index (χ1n) is 4.70. The molecule has 6 heteroatoms. The van der Waals surface area contributed by atoms with Gasteiger partial charge < -0.3 is 0 Å². The van der Waals surface area contributed by atoms with Crippen molar-refractivity contribution in [1.82, 2.24) is 10.9 Å². The lowest BCUT2D eigenvalue weighted by molar-refractivity contribution is -0.119. The lowest BCUT2D eigenvalue weighted by atomic mass is 9.91. The van der Waals surface area contributed by atoms with Gasteiger partial charge in [-0.2, -0.15) is 5.10 Å². The van der Waals surface area contributed by atoms with Gasteiger partial charge in [0, 0.05) is 18.1 Å². The molecule has 5 nitrogen and oxygen atoms in total. The first-order valence-corrected chi connectivity index (χ1v) is 5.68. The van der Waals surface area contributed by atoms with Crippen LogP contribution in [-0.4, -0.2) is 22.5 Å². The summed E-state index contributed by atoms with van der Waals surface area (Å²) in [6.45, 7) is 7.75. The zero-order chi connectivity index (χ0) is 11.5. The number of amidine groups is 1.